The SMILES string of the molecule is Cc1cc(N2CCC3(CC2)CO[C@@H](C)[C@H]3N)n2c(CN(C)C)cnc2c1Sc1ccnc(N)c1Cl. The average Bonchev–Trinajstić information content (AvgIpc) is 3.35. The molecule has 1 spiro atoms. The van der Waals surface area contributed by atoms with E-state index in [1.54, 1.807) is 18.0 Å². The van der Waals surface area contributed by atoms with Crippen LogP contribution in [0, 0.1) is 12.3 Å². The van der Waals surface area contributed by atoms with Crippen LogP contribution in [0.15, 0.2) is 34.3 Å². The average molecular weight is 516 g/mol. The largest absolute Gasteiger partial charge is 0.382 e. The van der Waals surface area contributed by atoms with E-state index in [0.29, 0.717) is 10.8 Å². The molecule has 2 aliphatic heterocycles. The van der Waals surface area contributed by atoms with Crippen molar-refractivity contribution in [2.45, 2.75) is 55.2 Å². The molecule has 2 aliphatic rings. The molecular weight excluding hydrogens is 482 g/mol. The summed E-state index contributed by atoms with van der Waals surface area (Å²) in [6.45, 7) is 7.67. The highest BCUT2D eigenvalue weighted by molar-refractivity contribution is 7.99. The monoisotopic (exact) mass is 515 g/mol. The first-order valence-corrected chi connectivity index (χ1v) is 13.2. The maximum Gasteiger partial charge on any atom is 0.152 e. The number of nitrogen functional groups attached to an aromatic ring is 1. The van der Waals surface area contributed by atoms with Gasteiger partial charge in [-0.15, -0.1) is 0 Å². The van der Waals surface area contributed by atoms with Crippen LogP contribution in [-0.4, -0.2) is 65.2 Å². The standard InChI is InChI=1S/C25H34ClN7OS/c1-15-11-19(32-9-6-25(7-10-32)14-34-16(2)22(25)27)33-17(13-31(3)4)12-30-24(33)21(15)35-18-5-8-29-23(28)20(18)26/h5,8,11-12,16,22H,6-7,9-10,13-14,27H2,1-4H3,(H2,28,29)/t16-,22+/m0/s1. The van der Waals surface area contributed by atoms with Crippen molar-refractivity contribution in [3.63, 3.8) is 0 Å². The molecule has 5 rings (SSSR count). The third-order valence-corrected chi connectivity index (χ3v) is 9.25. The number of halogens is 1. The Bertz CT molecular complexity index is 1240. The molecule has 0 bridgehead atoms. The number of imidazole rings is 1. The Hall–Kier alpha value is -2.04. The lowest BCUT2D eigenvalue weighted by molar-refractivity contribution is 0.0974. The molecular formula is C25H34ClN7OS. The van der Waals surface area contributed by atoms with E-state index < -0.39 is 0 Å². The number of pyridine rings is 2. The van der Waals surface area contributed by atoms with Crippen LogP contribution in [0.4, 0.5) is 11.6 Å². The van der Waals surface area contributed by atoms with E-state index in [2.05, 4.69) is 53.2 Å². The van der Waals surface area contributed by atoms with Crippen LogP contribution in [0.3, 0.4) is 0 Å². The third kappa shape index (κ3) is 4.38. The van der Waals surface area contributed by atoms with Crippen molar-refractivity contribution in [1.82, 2.24) is 19.3 Å². The predicted molar refractivity (Wildman–Crippen MR) is 142 cm³/mol. The first kappa shape index (κ1) is 24.6. The zero-order valence-corrected chi connectivity index (χ0v) is 22.4. The molecule has 188 valence electrons. The number of hydrogen-bond acceptors (Lipinski definition) is 8. The Morgan fingerprint density at radius 2 is 2.03 bits per heavy atom. The minimum atomic E-state index is 0.0826. The van der Waals surface area contributed by atoms with E-state index in [1.165, 1.54) is 5.82 Å². The van der Waals surface area contributed by atoms with Crippen molar-refractivity contribution >= 4 is 40.6 Å². The molecule has 2 atom stereocenters. The summed E-state index contributed by atoms with van der Waals surface area (Å²) in [6.07, 6.45) is 5.85. The predicted octanol–water partition coefficient (Wildman–Crippen LogP) is 3.82. The number of anilines is 2. The Kier molecular flexibility index (Phi) is 6.65. The van der Waals surface area contributed by atoms with E-state index in [-0.39, 0.29) is 17.6 Å². The maximum atomic E-state index is 6.57. The Morgan fingerprint density at radius 3 is 2.69 bits per heavy atom. The van der Waals surface area contributed by atoms with Crippen LogP contribution in [0.5, 0.6) is 0 Å². The van der Waals surface area contributed by atoms with Gasteiger partial charge in [0.2, 0.25) is 0 Å². The Morgan fingerprint density at radius 1 is 1.29 bits per heavy atom. The molecule has 0 aromatic carbocycles. The maximum absolute atomic E-state index is 6.57. The zero-order valence-electron chi connectivity index (χ0n) is 20.8. The fourth-order valence-corrected chi connectivity index (χ4v) is 6.61. The number of nitrogens with two attached hydrogens (primary N) is 2. The van der Waals surface area contributed by atoms with Gasteiger partial charge in [-0.2, -0.15) is 0 Å². The van der Waals surface area contributed by atoms with Crippen LogP contribution in [0.1, 0.15) is 31.0 Å². The highest BCUT2D eigenvalue weighted by Gasteiger charge is 2.47. The zero-order chi connectivity index (χ0) is 24.9. The second kappa shape index (κ2) is 9.44. The van der Waals surface area contributed by atoms with Gasteiger partial charge in [-0.3, -0.25) is 4.40 Å². The summed E-state index contributed by atoms with van der Waals surface area (Å²) in [5.74, 6) is 1.51. The highest BCUT2D eigenvalue weighted by atomic mass is 35.5. The molecule has 3 aromatic heterocycles. The lowest BCUT2D eigenvalue weighted by Crippen LogP contribution is -2.51. The third-order valence-electron chi connectivity index (χ3n) is 7.47. The second-order valence-corrected chi connectivity index (χ2v) is 11.6. The molecule has 0 saturated carbocycles. The van der Waals surface area contributed by atoms with Crippen LogP contribution >= 0.6 is 23.4 Å². The Balaban J connectivity index is 1.54. The van der Waals surface area contributed by atoms with Crippen molar-refractivity contribution in [3.05, 3.63) is 40.8 Å². The minimum absolute atomic E-state index is 0.0826. The van der Waals surface area contributed by atoms with Crippen LogP contribution in [0.25, 0.3) is 5.65 Å². The van der Waals surface area contributed by atoms with Crippen LogP contribution < -0.4 is 16.4 Å². The quantitative estimate of drug-likeness (QED) is 0.529. The molecule has 2 saturated heterocycles. The lowest BCUT2D eigenvalue weighted by Gasteiger charge is -2.42. The fourth-order valence-electron chi connectivity index (χ4n) is 5.38. The topological polar surface area (TPSA) is 97.9 Å². The Labute approximate surface area is 216 Å². The first-order valence-electron chi connectivity index (χ1n) is 12.0. The van der Waals surface area contributed by atoms with Gasteiger partial charge >= 0.3 is 0 Å². The number of hydrogen-bond donors (Lipinski definition) is 2. The van der Waals surface area contributed by atoms with Crippen LogP contribution in [-0.2, 0) is 11.3 Å². The number of rotatable bonds is 5. The van der Waals surface area contributed by atoms with Crippen molar-refractivity contribution in [3.8, 4) is 0 Å². The summed E-state index contributed by atoms with van der Waals surface area (Å²) in [4.78, 5) is 15.6. The molecule has 2 fully saturated rings. The molecule has 8 nitrogen and oxygen atoms in total. The van der Waals surface area contributed by atoms with Gasteiger partial charge in [0.15, 0.2) is 5.65 Å². The van der Waals surface area contributed by atoms with Crippen molar-refractivity contribution in [2.24, 2.45) is 11.1 Å². The van der Waals surface area contributed by atoms with Gasteiger partial charge in [0.1, 0.15) is 11.6 Å². The summed E-state index contributed by atoms with van der Waals surface area (Å²) in [5, 5.41) is 0.477. The van der Waals surface area contributed by atoms with Gasteiger partial charge in [-0.1, -0.05) is 23.4 Å². The van der Waals surface area contributed by atoms with Crippen LogP contribution in [0.2, 0.25) is 5.02 Å². The van der Waals surface area contributed by atoms with E-state index in [9.17, 15) is 0 Å². The number of nitrogens with zero attached hydrogens (tertiary/aromatic N) is 5. The molecule has 10 heteroatoms. The molecule has 0 radical (unpaired) electrons. The molecule has 4 N–H and O–H groups in total. The van der Waals surface area contributed by atoms with Gasteiger partial charge in [-0.05, 0) is 58.5 Å². The highest BCUT2D eigenvalue weighted by Crippen LogP contribution is 2.44. The number of piperidine rings is 1. The number of aromatic nitrogens is 3. The first-order chi connectivity index (χ1) is 16.7. The van der Waals surface area contributed by atoms with Crippen molar-refractivity contribution in [2.75, 3.05) is 44.4 Å². The summed E-state index contributed by atoms with van der Waals surface area (Å²) < 4.78 is 8.24. The lowest BCUT2D eigenvalue weighted by atomic mass is 9.73. The van der Waals surface area contributed by atoms with Crippen molar-refractivity contribution < 1.29 is 4.74 Å². The molecule has 0 aliphatic carbocycles. The fraction of sp³-hybridized carbons (Fsp3) is 0.520. The van der Waals surface area contributed by atoms with Gasteiger partial charge in [0.25, 0.3) is 0 Å². The molecule has 0 unspecified atom stereocenters. The number of fused-ring (bicyclic) bond motifs is 1. The summed E-state index contributed by atoms with van der Waals surface area (Å²) in [7, 11) is 4.16. The van der Waals surface area contributed by atoms with Gasteiger partial charge in [0.05, 0.1) is 34.5 Å². The smallest absolute Gasteiger partial charge is 0.152 e. The van der Waals surface area contributed by atoms with Gasteiger partial charge < -0.3 is 26.0 Å². The summed E-state index contributed by atoms with van der Waals surface area (Å²) in [5.41, 5.74) is 15.9. The molecule has 0 amide bonds. The number of ether oxygens (including phenoxy) is 1. The van der Waals surface area contributed by atoms with Gasteiger partial charge in [0, 0.05) is 42.2 Å². The van der Waals surface area contributed by atoms with Crippen molar-refractivity contribution in [1.29, 1.82) is 0 Å². The van der Waals surface area contributed by atoms with Gasteiger partial charge in [-0.25, -0.2) is 9.97 Å². The summed E-state index contributed by atoms with van der Waals surface area (Å²) in [6, 6.07) is 4.27. The molecule has 35 heavy (non-hydrogen) atoms. The minimum Gasteiger partial charge on any atom is -0.382 e. The molecule has 3 aromatic rings. The normalized spacial score (nSPS) is 22.1. The van der Waals surface area contributed by atoms with E-state index >= 15 is 0 Å². The van der Waals surface area contributed by atoms with E-state index in [1.807, 2.05) is 12.3 Å². The van der Waals surface area contributed by atoms with E-state index in [0.717, 1.165) is 65.8 Å². The molecule has 5 heterocycles. The second-order valence-electron chi connectivity index (χ2n) is 10.2. The summed E-state index contributed by atoms with van der Waals surface area (Å²) >= 11 is 8.07. The number of aryl methyl sites for hydroxylation is 1. The van der Waals surface area contributed by atoms with E-state index in [4.69, 9.17) is 32.8 Å².